The van der Waals surface area contributed by atoms with Gasteiger partial charge in [0, 0.05) is 18.8 Å². The third-order valence-electron chi connectivity index (χ3n) is 7.66. The zero-order valence-electron chi connectivity index (χ0n) is 22.9. The van der Waals surface area contributed by atoms with Gasteiger partial charge >= 0.3 is 5.97 Å². The Hall–Kier alpha value is -2.29. The number of carbonyl (C=O) groups is 2. The lowest BCUT2D eigenvalue weighted by Gasteiger charge is -2.44. The summed E-state index contributed by atoms with van der Waals surface area (Å²) in [6.45, 7) is 3.68. The number of carbonyl (C=O) groups excluding carboxylic acids is 2. The van der Waals surface area contributed by atoms with Crippen LogP contribution in [0.25, 0.3) is 0 Å². The fourth-order valence-corrected chi connectivity index (χ4v) is 6.27. The Kier molecular flexibility index (Phi) is 11.7. The minimum absolute atomic E-state index is 0.122. The molecule has 1 aliphatic carbocycles. The molecule has 226 valence electrons. The summed E-state index contributed by atoms with van der Waals surface area (Å²) >= 11 is 1.03. The number of phenols is 3. The van der Waals surface area contributed by atoms with Gasteiger partial charge < -0.3 is 50.2 Å². The summed E-state index contributed by atoms with van der Waals surface area (Å²) in [5.41, 5.74) is -1.20. The highest BCUT2D eigenvalue weighted by atomic mass is 32.2. The lowest BCUT2D eigenvalue weighted by atomic mass is 9.91. The fraction of sp³-hybridized carbons (Fsp3) is 0.704. The van der Waals surface area contributed by atoms with Crippen LogP contribution in [-0.4, -0.2) is 104 Å². The van der Waals surface area contributed by atoms with E-state index in [4.69, 9.17) is 14.2 Å². The first kappa shape index (κ1) is 32.2. The van der Waals surface area contributed by atoms with Crippen LogP contribution in [0.2, 0.25) is 0 Å². The summed E-state index contributed by atoms with van der Waals surface area (Å²) in [6.07, 6.45) is -1.50. The molecule has 0 spiro atoms. The van der Waals surface area contributed by atoms with Gasteiger partial charge in [0.15, 0.2) is 17.2 Å². The number of aliphatic hydroxyl groups is 3. The zero-order valence-corrected chi connectivity index (χ0v) is 23.7. The maximum absolute atomic E-state index is 13.1. The van der Waals surface area contributed by atoms with E-state index in [-0.39, 0.29) is 29.7 Å². The van der Waals surface area contributed by atoms with Gasteiger partial charge in [-0.3, -0.25) is 4.79 Å². The van der Waals surface area contributed by atoms with Gasteiger partial charge in [-0.05, 0) is 44.2 Å². The molecule has 1 aliphatic heterocycles. The third-order valence-corrected chi connectivity index (χ3v) is 8.78. The highest BCUT2D eigenvalue weighted by Crippen LogP contribution is 2.36. The van der Waals surface area contributed by atoms with Crippen molar-refractivity contribution in [1.29, 1.82) is 0 Å². The third kappa shape index (κ3) is 7.71. The molecule has 12 nitrogen and oxygen atoms in total. The molecule has 0 unspecified atom stereocenters. The van der Waals surface area contributed by atoms with Gasteiger partial charge in [0.1, 0.15) is 36.5 Å². The number of amides is 1. The van der Waals surface area contributed by atoms with Crippen LogP contribution < -0.4 is 5.32 Å². The van der Waals surface area contributed by atoms with E-state index >= 15 is 0 Å². The Morgan fingerprint density at radius 2 is 1.77 bits per heavy atom. The standard InChI is InChI=1S/C27H41NO11S/c1-4-5-14-6-7-15(10-14)25(35)28-19(13(2)37-3)24-22(33)21(32)23(34)27(39-24)40-9-8-38-26(36)16-11-17(29)20(31)18(30)12-16/h11-15,19,21-24,27,29-34H,4-10H2,1-3H3,(H,28,35)/t13-,14+,15+,19-,21+,22-,23-,24-,27-/m1/s1. The SMILES string of the molecule is CCC[C@H]1CC[C@H](C(=O)N[C@@H]([C@H]2O[C@H](SCCOC(=O)c3cc(O)c(O)c(O)c3)[C@H](O)[C@@H](O)[C@H]2O)[C@@H](C)OC)C1. The van der Waals surface area contributed by atoms with E-state index in [0.29, 0.717) is 5.92 Å². The van der Waals surface area contributed by atoms with Gasteiger partial charge in [-0.1, -0.05) is 19.8 Å². The first-order valence-electron chi connectivity index (χ1n) is 13.5. The van der Waals surface area contributed by atoms with E-state index < -0.39 is 65.2 Å². The molecule has 3 rings (SSSR count). The predicted molar refractivity (Wildman–Crippen MR) is 145 cm³/mol. The average molecular weight is 588 g/mol. The highest BCUT2D eigenvalue weighted by Gasteiger charge is 2.49. The number of hydrogen-bond donors (Lipinski definition) is 7. The quantitative estimate of drug-likeness (QED) is 0.105. The van der Waals surface area contributed by atoms with E-state index in [2.05, 4.69) is 12.2 Å². The Bertz CT molecular complexity index is 988. The Morgan fingerprint density at radius 1 is 1.10 bits per heavy atom. The Labute approximate surface area is 237 Å². The number of phenolic OH excluding ortho intramolecular Hbond substituents is 3. The van der Waals surface area contributed by atoms with Crippen molar-refractivity contribution in [3.05, 3.63) is 17.7 Å². The molecule has 1 saturated carbocycles. The average Bonchev–Trinajstić information content (AvgIpc) is 3.40. The molecule has 0 aromatic heterocycles. The Morgan fingerprint density at radius 3 is 2.40 bits per heavy atom. The number of thioether (sulfide) groups is 1. The molecule has 0 radical (unpaired) electrons. The molecule has 9 atom stereocenters. The van der Waals surface area contributed by atoms with Gasteiger partial charge in [-0.15, -0.1) is 11.8 Å². The highest BCUT2D eigenvalue weighted by molar-refractivity contribution is 7.99. The van der Waals surface area contributed by atoms with Crippen molar-refractivity contribution in [2.24, 2.45) is 11.8 Å². The van der Waals surface area contributed by atoms with E-state index in [0.717, 1.165) is 56.0 Å². The second-order valence-corrected chi connectivity index (χ2v) is 11.7. The molecule has 7 N–H and O–H groups in total. The predicted octanol–water partition coefficient (Wildman–Crippen LogP) is 1.24. The van der Waals surface area contributed by atoms with Crippen LogP contribution in [0.5, 0.6) is 17.2 Å². The van der Waals surface area contributed by atoms with Crippen molar-refractivity contribution >= 4 is 23.6 Å². The smallest absolute Gasteiger partial charge is 0.338 e. The first-order chi connectivity index (χ1) is 19.0. The fourth-order valence-electron chi connectivity index (χ4n) is 5.29. The monoisotopic (exact) mass is 587 g/mol. The maximum Gasteiger partial charge on any atom is 0.338 e. The number of methoxy groups -OCH3 is 1. The van der Waals surface area contributed by atoms with Crippen LogP contribution in [0.4, 0.5) is 0 Å². The first-order valence-corrected chi connectivity index (χ1v) is 14.6. The normalized spacial score (nSPS) is 30.0. The summed E-state index contributed by atoms with van der Waals surface area (Å²) < 4.78 is 16.6. The van der Waals surface area contributed by atoms with Crippen LogP contribution in [0.1, 0.15) is 56.3 Å². The number of aliphatic hydroxyl groups excluding tert-OH is 3. The van der Waals surface area contributed by atoms with Crippen LogP contribution in [0.15, 0.2) is 12.1 Å². The molecule has 1 saturated heterocycles. The lowest BCUT2D eigenvalue weighted by Crippen LogP contribution is -2.65. The molecule has 40 heavy (non-hydrogen) atoms. The van der Waals surface area contributed by atoms with E-state index in [1.165, 1.54) is 7.11 Å². The van der Waals surface area contributed by atoms with Gasteiger partial charge in [-0.25, -0.2) is 4.79 Å². The molecule has 2 fully saturated rings. The molecule has 13 heteroatoms. The second kappa shape index (κ2) is 14.6. The minimum atomic E-state index is -1.56. The molecule has 2 aliphatic rings. The number of hydrogen-bond acceptors (Lipinski definition) is 12. The van der Waals surface area contributed by atoms with Crippen molar-refractivity contribution in [1.82, 2.24) is 5.32 Å². The number of esters is 1. The number of nitrogens with one attached hydrogen (secondary N) is 1. The van der Waals surface area contributed by atoms with Crippen molar-refractivity contribution in [3.8, 4) is 17.2 Å². The van der Waals surface area contributed by atoms with E-state index in [1.807, 2.05) is 0 Å². The van der Waals surface area contributed by atoms with Crippen LogP contribution in [0.3, 0.4) is 0 Å². The molecular weight excluding hydrogens is 546 g/mol. The zero-order chi connectivity index (χ0) is 29.6. The van der Waals surface area contributed by atoms with Gasteiger partial charge in [0.25, 0.3) is 0 Å². The number of ether oxygens (including phenoxy) is 3. The molecule has 1 aromatic carbocycles. The summed E-state index contributed by atoms with van der Waals surface area (Å²) in [5.74, 6) is -2.67. The number of benzene rings is 1. The van der Waals surface area contributed by atoms with Gasteiger partial charge in [-0.2, -0.15) is 0 Å². The lowest BCUT2D eigenvalue weighted by molar-refractivity contribution is -0.212. The summed E-state index contributed by atoms with van der Waals surface area (Å²) in [6, 6.07) is 1.08. The second-order valence-electron chi connectivity index (χ2n) is 10.5. The van der Waals surface area contributed by atoms with Crippen LogP contribution in [-0.2, 0) is 19.0 Å². The van der Waals surface area contributed by atoms with E-state index in [1.54, 1.807) is 6.92 Å². The van der Waals surface area contributed by atoms with Crippen molar-refractivity contribution in [2.45, 2.75) is 87.9 Å². The summed E-state index contributed by atoms with van der Waals surface area (Å²) in [7, 11) is 1.46. The maximum atomic E-state index is 13.1. The van der Waals surface area contributed by atoms with Gasteiger partial charge in [0.2, 0.25) is 5.91 Å². The molecule has 0 bridgehead atoms. The molecule has 1 heterocycles. The number of aromatic hydroxyl groups is 3. The van der Waals surface area contributed by atoms with Crippen molar-refractivity contribution in [3.63, 3.8) is 0 Å². The summed E-state index contributed by atoms with van der Waals surface area (Å²) in [4.78, 5) is 25.4. The minimum Gasteiger partial charge on any atom is -0.504 e. The summed E-state index contributed by atoms with van der Waals surface area (Å²) in [5, 5.41) is 63.5. The van der Waals surface area contributed by atoms with E-state index in [9.17, 15) is 40.2 Å². The van der Waals surface area contributed by atoms with Gasteiger partial charge in [0.05, 0.1) is 17.7 Å². The van der Waals surface area contributed by atoms with Crippen LogP contribution >= 0.6 is 11.8 Å². The van der Waals surface area contributed by atoms with Crippen molar-refractivity contribution in [2.75, 3.05) is 19.5 Å². The molecular formula is C27H41NO11S. The molecule has 1 aromatic rings. The largest absolute Gasteiger partial charge is 0.504 e. The number of rotatable bonds is 12. The topological polar surface area (TPSA) is 195 Å². The van der Waals surface area contributed by atoms with Crippen LogP contribution in [0, 0.1) is 11.8 Å². The molecule has 1 amide bonds. The Balaban J connectivity index is 1.60. The van der Waals surface area contributed by atoms with Crippen molar-refractivity contribution < 1.29 is 54.4 Å².